The second-order valence-corrected chi connectivity index (χ2v) is 7.11. The molecule has 3 aromatic rings. The van der Waals surface area contributed by atoms with Gasteiger partial charge in [0, 0.05) is 43.5 Å². The number of amides is 1. The van der Waals surface area contributed by atoms with E-state index < -0.39 is 0 Å². The topological polar surface area (TPSA) is 38.1 Å². The van der Waals surface area contributed by atoms with E-state index in [-0.39, 0.29) is 5.91 Å². The molecule has 0 bridgehead atoms. The van der Waals surface area contributed by atoms with Crippen molar-refractivity contribution in [3.05, 3.63) is 78.4 Å². The monoisotopic (exact) mass is 359 g/mol. The molecule has 1 aliphatic rings. The van der Waals surface area contributed by atoms with Crippen molar-refractivity contribution >= 4 is 5.91 Å². The van der Waals surface area contributed by atoms with Gasteiger partial charge in [0.2, 0.25) is 0 Å². The maximum absolute atomic E-state index is 13.2. The maximum Gasteiger partial charge on any atom is 0.253 e. The molecule has 138 valence electrons. The summed E-state index contributed by atoms with van der Waals surface area (Å²) in [5, 5.41) is 0. The van der Waals surface area contributed by atoms with Crippen molar-refractivity contribution in [2.75, 3.05) is 13.1 Å². The standard InChI is InChI=1S/C23H25N3O/c1-2-25-15-13-24-22(25)21-12-7-14-26(17-21)23(27)20-11-6-10-19(16-20)18-8-4-3-5-9-18/h3-6,8-11,13,15-16,21H,2,7,12,14,17H2,1H3. The molecule has 4 heteroatoms. The Morgan fingerprint density at radius 1 is 1.11 bits per heavy atom. The summed E-state index contributed by atoms with van der Waals surface area (Å²) in [6, 6.07) is 18.2. The van der Waals surface area contributed by atoms with Gasteiger partial charge in [-0.05, 0) is 43.0 Å². The lowest BCUT2D eigenvalue weighted by molar-refractivity contribution is 0.0703. The molecular formula is C23H25N3O. The zero-order valence-electron chi connectivity index (χ0n) is 15.7. The lowest BCUT2D eigenvalue weighted by Gasteiger charge is -2.32. The van der Waals surface area contributed by atoms with Crippen LogP contribution in [0, 0.1) is 0 Å². The number of carbonyl (C=O) groups excluding carboxylic acids is 1. The van der Waals surface area contributed by atoms with E-state index in [1.807, 2.05) is 53.7 Å². The summed E-state index contributed by atoms with van der Waals surface area (Å²) in [5.41, 5.74) is 2.97. The van der Waals surface area contributed by atoms with E-state index in [4.69, 9.17) is 0 Å². The van der Waals surface area contributed by atoms with Crippen LogP contribution in [0.3, 0.4) is 0 Å². The van der Waals surface area contributed by atoms with Crippen LogP contribution in [-0.4, -0.2) is 33.4 Å². The summed E-state index contributed by atoms with van der Waals surface area (Å²) in [6.45, 7) is 4.61. The molecule has 1 amide bonds. The number of rotatable bonds is 4. The van der Waals surface area contributed by atoms with Crippen molar-refractivity contribution in [1.82, 2.24) is 14.5 Å². The number of nitrogens with zero attached hydrogens (tertiary/aromatic N) is 3. The van der Waals surface area contributed by atoms with E-state index in [0.29, 0.717) is 5.92 Å². The number of likely N-dealkylation sites (tertiary alicyclic amines) is 1. The van der Waals surface area contributed by atoms with E-state index in [9.17, 15) is 4.79 Å². The quantitative estimate of drug-likeness (QED) is 0.683. The molecule has 0 radical (unpaired) electrons. The van der Waals surface area contributed by atoms with Gasteiger partial charge in [-0.1, -0.05) is 42.5 Å². The molecule has 4 rings (SSSR count). The SMILES string of the molecule is CCn1ccnc1C1CCCN(C(=O)c2cccc(-c3ccccc3)c2)C1. The van der Waals surface area contributed by atoms with Crippen LogP contribution in [0.25, 0.3) is 11.1 Å². The van der Waals surface area contributed by atoms with Gasteiger partial charge in [0.15, 0.2) is 0 Å². The molecule has 27 heavy (non-hydrogen) atoms. The van der Waals surface area contributed by atoms with Crippen LogP contribution in [0.15, 0.2) is 67.0 Å². The summed E-state index contributed by atoms with van der Waals surface area (Å²) in [7, 11) is 0. The first-order chi connectivity index (χ1) is 13.3. The highest BCUT2D eigenvalue weighted by molar-refractivity contribution is 5.95. The second-order valence-electron chi connectivity index (χ2n) is 7.11. The number of imidazole rings is 1. The van der Waals surface area contributed by atoms with Crippen molar-refractivity contribution in [1.29, 1.82) is 0 Å². The fourth-order valence-corrected chi connectivity index (χ4v) is 3.97. The van der Waals surface area contributed by atoms with Gasteiger partial charge in [-0.2, -0.15) is 0 Å². The zero-order valence-corrected chi connectivity index (χ0v) is 15.7. The first-order valence-corrected chi connectivity index (χ1v) is 9.72. The molecule has 1 aromatic heterocycles. The van der Waals surface area contributed by atoms with Gasteiger partial charge in [0.1, 0.15) is 5.82 Å². The largest absolute Gasteiger partial charge is 0.338 e. The average Bonchev–Trinajstić information content (AvgIpc) is 3.23. The van der Waals surface area contributed by atoms with Gasteiger partial charge in [-0.25, -0.2) is 4.98 Å². The highest BCUT2D eigenvalue weighted by atomic mass is 16.2. The number of benzene rings is 2. The third kappa shape index (κ3) is 3.65. The third-order valence-corrected chi connectivity index (χ3v) is 5.38. The number of aryl methyl sites for hydroxylation is 1. The van der Waals surface area contributed by atoms with Crippen LogP contribution in [-0.2, 0) is 6.54 Å². The lowest BCUT2D eigenvalue weighted by atomic mass is 9.96. The number of aromatic nitrogens is 2. The van der Waals surface area contributed by atoms with Gasteiger partial charge in [0.05, 0.1) is 0 Å². The van der Waals surface area contributed by atoms with Gasteiger partial charge >= 0.3 is 0 Å². The van der Waals surface area contributed by atoms with Crippen molar-refractivity contribution in [3.8, 4) is 11.1 Å². The normalized spacial score (nSPS) is 17.1. The van der Waals surface area contributed by atoms with E-state index in [2.05, 4.69) is 34.7 Å². The van der Waals surface area contributed by atoms with Crippen LogP contribution in [0.1, 0.15) is 41.9 Å². The van der Waals surface area contributed by atoms with E-state index in [1.54, 1.807) is 0 Å². The molecule has 1 saturated heterocycles. The van der Waals surface area contributed by atoms with Gasteiger partial charge in [-0.15, -0.1) is 0 Å². The Morgan fingerprint density at radius 2 is 1.93 bits per heavy atom. The predicted octanol–water partition coefficient (Wildman–Crippen LogP) is 4.59. The Hall–Kier alpha value is -2.88. The number of hydrogen-bond donors (Lipinski definition) is 0. The summed E-state index contributed by atoms with van der Waals surface area (Å²) in [4.78, 5) is 19.7. The third-order valence-electron chi connectivity index (χ3n) is 5.38. The number of hydrogen-bond acceptors (Lipinski definition) is 2. The highest BCUT2D eigenvalue weighted by Crippen LogP contribution is 2.28. The molecule has 0 saturated carbocycles. The zero-order chi connectivity index (χ0) is 18.6. The Bertz CT molecular complexity index is 916. The second kappa shape index (κ2) is 7.78. The number of carbonyl (C=O) groups is 1. The Balaban J connectivity index is 1.54. The molecule has 1 fully saturated rings. The first kappa shape index (κ1) is 17.5. The fraction of sp³-hybridized carbons (Fsp3) is 0.304. The Morgan fingerprint density at radius 3 is 2.74 bits per heavy atom. The molecule has 4 nitrogen and oxygen atoms in total. The minimum Gasteiger partial charge on any atom is -0.338 e. The van der Waals surface area contributed by atoms with Crippen molar-refractivity contribution in [2.45, 2.75) is 32.2 Å². The predicted molar refractivity (Wildman–Crippen MR) is 108 cm³/mol. The van der Waals surface area contributed by atoms with Crippen molar-refractivity contribution in [3.63, 3.8) is 0 Å². The van der Waals surface area contributed by atoms with Crippen LogP contribution in [0.2, 0.25) is 0 Å². The average molecular weight is 359 g/mol. The molecule has 1 aliphatic heterocycles. The van der Waals surface area contributed by atoms with Crippen molar-refractivity contribution < 1.29 is 4.79 Å². The molecule has 0 N–H and O–H groups in total. The first-order valence-electron chi connectivity index (χ1n) is 9.72. The summed E-state index contributed by atoms with van der Waals surface area (Å²) < 4.78 is 2.19. The van der Waals surface area contributed by atoms with E-state index in [0.717, 1.165) is 55.0 Å². The smallest absolute Gasteiger partial charge is 0.253 e. The van der Waals surface area contributed by atoms with Crippen LogP contribution >= 0.6 is 0 Å². The Kier molecular flexibility index (Phi) is 5.05. The molecule has 1 unspecified atom stereocenters. The van der Waals surface area contributed by atoms with Crippen LogP contribution in [0.5, 0.6) is 0 Å². The summed E-state index contributed by atoms with van der Waals surface area (Å²) in [6.07, 6.45) is 6.00. The summed E-state index contributed by atoms with van der Waals surface area (Å²) >= 11 is 0. The van der Waals surface area contributed by atoms with Gasteiger partial charge in [-0.3, -0.25) is 4.79 Å². The summed E-state index contributed by atoms with van der Waals surface area (Å²) in [5.74, 6) is 1.54. The highest BCUT2D eigenvalue weighted by Gasteiger charge is 2.27. The fourth-order valence-electron chi connectivity index (χ4n) is 3.97. The minimum atomic E-state index is 0.118. The van der Waals surface area contributed by atoms with E-state index in [1.165, 1.54) is 0 Å². The van der Waals surface area contributed by atoms with Crippen molar-refractivity contribution in [2.24, 2.45) is 0 Å². The maximum atomic E-state index is 13.2. The molecule has 2 heterocycles. The molecule has 2 aromatic carbocycles. The Labute approximate surface area is 160 Å². The minimum absolute atomic E-state index is 0.118. The molecule has 0 spiro atoms. The van der Waals surface area contributed by atoms with E-state index >= 15 is 0 Å². The molecule has 1 atom stereocenters. The van der Waals surface area contributed by atoms with Gasteiger partial charge < -0.3 is 9.47 Å². The lowest BCUT2D eigenvalue weighted by Crippen LogP contribution is -2.39. The van der Waals surface area contributed by atoms with Crippen LogP contribution < -0.4 is 0 Å². The van der Waals surface area contributed by atoms with Gasteiger partial charge in [0.25, 0.3) is 5.91 Å². The van der Waals surface area contributed by atoms with Crippen LogP contribution in [0.4, 0.5) is 0 Å². The molecular weight excluding hydrogens is 334 g/mol. The molecule has 0 aliphatic carbocycles. The number of piperidine rings is 1.